The zero-order valence-electron chi connectivity index (χ0n) is 20.2. The number of esters is 1. The van der Waals surface area contributed by atoms with Crippen molar-refractivity contribution in [1.82, 2.24) is 4.90 Å². The number of aliphatic carboxylic acids is 2. The summed E-state index contributed by atoms with van der Waals surface area (Å²) >= 11 is 0. The first kappa shape index (κ1) is 26.6. The topological polar surface area (TPSA) is 104 Å². The van der Waals surface area contributed by atoms with Crippen LogP contribution in [0.5, 0.6) is 0 Å². The fourth-order valence-electron chi connectivity index (χ4n) is 4.59. The van der Waals surface area contributed by atoms with Crippen LogP contribution < -0.4 is 0 Å². The van der Waals surface area contributed by atoms with E-state index in [2.05, 4.69) is 36.1 Å². The second-order valence-electron chi connectivity index (χ2n) is 8.74. The largest absolute Gasteiger partial charge is 0.473 e. The first-order valence-corrected chi connectivity index (χ1v) is 11.9. The number of carbonyl (C=O) groups excluding carboxylic acids is 1. The first-order chi connectivity index (χ1) is 17.3. The van der Waals surface area contributed by atoms with Crippen molar-refractivity contribution in [3.05, 3.63) is 108 Å². The van der Waals surface area contributed by atoms with Crippen LogP contribution in [0.3, 0.4) is 0 Å². The molecule has 1 unspecified atom stereocenters. The highest BCUT2D eigenvalue weighted by Crippen LogP contribution is 2.42. The van der Waals surface area contributed by atoms with Crippen LogP contribution in [0.2, 0.25) is 0 Å². The van der Waals surface area contributed by atoms with Crippen molar-refractivity contribution in [3.63, 3.8) is 0 Å². The van der Waals surface area contributed by atoms with E-state index in [1.165, 1.54) is 12.8 Å². The zero-order chi connectivity index (χ0) is 26.0. The molecule has 0 amide bonds. The SMILES string of the molecule is CC(CN1CCCC1)C(OC(=O)c1ccccc1)(c1ccccc1)c1ccccc1.O=C(O)C(=O)O. The van der Waals surface area contributed by atoms with Gasteiger partial charge in [-0.15, -0.1) is 0 Å². The van der Waals surface area contributed by atoms with Crippen LogP contribution in [0.15, 0.2) is 91.0 Å². The number of nitrogens with zero attached hydrogens (tertiary/aromatic N) is 1. The van der Waals surface area contributed by atoms with Crippen molar-refractivity contribution in [2.75, 3.05) is 19.6 Å². The minimum absolute atomic E-state index is 0.0769. The Balaban J connectivity index is 0.000000538. The third kappa shape index (κ3) is 6.58. The van der Waals surface area contributed by atoms with E-state index in [-0.39, 0.29) is 11.9 Å². The zero-order valence-corrected chi connectivity index (χ0v) is 20.2. The molecule has 4 rings (SSSR count). The smallest absolute Gasteiger partial charge is 0.414 e. The number of carboxylic acid groups (broad SMARTS) is 2. The summed E-state index contributed by atoms with van der Waals surface area (Å²) in [6.07, 6.45) is 2.47. The summed E-state index contributed by atoms with van der Waals surface area (Å²) in [6, 6.07) is 29.7. The minimum Gasteiger partial charge on any atom is -0.473 e. The Labute approximate surface area is 211 Å². The quantitative estimate of drug-likeness (QED) is 0.367. The molecule has 7 nitrogen and oxygen atoms in total. The summed E-state index contributed by atoms with van der Waals surface area (Å²) in [5.41, 5.74) is 1.72. The van der Waals surface area contributed by atoms with Gasteiger partial charge in [0.25, 0.3) is 0 Å². The molecule has 3 aromatic carbocycles. The van der Waals surface area contributed by atoms with Gasteiger partial charge in [-0.05, 0) is 38.1 Å². The number of benzene rings is 3. The lowest BCUT2D eigenvalue weighted by Gasteiger charge is -2.41. The van der Waals surface area contributed by atoms with Gasteiger partial charge < -0.3 is 19.8 Å². The molecule has 0 spiro atoms. The van der Waals surface area contributed by atoms with Gasteiger partial charge in [0.2, 0.25) is 0 Å². The van der Waals surface area contributed by atoms with Crippen molar-refractivity contribution in [2.45, 2.75) is 25.4 Å². The highest BCUT2D eigenvalue weighted by Gasteiger charge is 2.44. The van der Waals surface area contributed by atoms with Crippen molar-refractivity contribution >= 4 is 17.9 Å². The first-order valence-electron chi connectivity index (χ1n) is 11.9. The molecule has 1 atom stereocenters. The molecule has 1 aliphatic rings. The molecule has 7 heteroatoms. The second kappa shape index (κ2) is 12.7. The van der Waals surface area contributed by atoms with Gasteiger partial charge >= 0.3 is 17.9 Å². The molecule has 0 aromatic heterocycles. The summed E-state index contributed by atoms with van der Waals surface area (Å²) in [7, 11) is 0. The van der Waals surface area contributed by atoms with Crippen LogP contribution in [-0.4, -0.2) is 52.7 Å². The molecule has 1 aliphatic heterocycles. The molecule has 1 heterocycles. The maximum absolute atomic E-state index is 13.3. The van der Waals surface area contributed by atoms with Crippen LogP contribution in [0.25, 0.3) is 0 Å². The van der Waals surface area contributed by atoms with Gasteiger partial charge in [0.1, 0.15) is 0 Å². The number of rotatable bonds is 7. The fraction of sp³-hybridized carbons (Fsp3) is 0.276. The third-order valence-electron chi connectivity index (χ3n) is 6.28. The molecule has 0 radical (unpaired) electrons. The molecule has 188 valence electrons. The molecule has 1 saturated heterocycles. The molecule has 3 aromatic rings. The molecule has 36 heavy (non-hydrogen) atoms. The average Bonchev–Trinajstić information content (AvgIpc) is 3.42. The molecular formula is C29H31NO6. The van der Waals surface area contributed by atoms with Crippen LogP contribution in [0.1, 0.15) is 41.3 Å². The lowest BCUT2D eigenvalue weighted by Crippen LogP contribution is -2.44. The fourth-order valence-corrected chi connectivity index (χ4v) is 4.59. The molecule has 1 fully saturated rings. The molecular weight excluding hydrogens is 458 g/mol. The van der Waals surface area contributed by atoms with E-state index in [1.54, 1.807) is 0 Å². The number of ether oxygens (including phenoxy) is 1. The van der Waals surface area contributed by atoms with Crippen molar-refractivity contribution in [1.29, 1.82) is 0 Å². The Bertz CT molecular complexity index is 1080. The summed E-state index contributed by atoms with van der Waals surface area (Å²) in [6.45, 7) is 5.30. The number of hydrogen-bond acceptors (Lipinski definition) is 5. The highest BCUT2D eigenvalue weighted by atomic mass is 16.6. The third-order valence-corrected chi connectivity index (χ3v) is 6.28. The molecule has 2 N–H and O–H groups in total. The maximum atomic E-state index is 13.3. The van der Waals surface area contributed by atoms with E-state index >= 15 is 0 Å². The second-order valence-corrected chi connectivity index (χ2v) is 8.74. The lowest BCUT2D eigenvalue weighted by atomic mass is 9.76. The van der Waals surface area contributed by atoms with E-state index < -0.39 is 17.5 Å². The average molecular weight is 490 g/mol. The van der Waals surface area contributed by atoms with E-state index in [1.807, 2.05) is 66.7 Å². The Morgan fingerprint density at radius 2 is 1.19 bits per heavy atom. The van der Waals surface area contributed by atoms with Crippen LogP contribution >= 0.6 is 0 Å². The predicted octanol–water partition coefficient (Wildman–Crippen LogP) is 4.67. The lowest BCUT2D eigenvalue weighted by molar-refractivity contribution is -0.159. The molecule has 0 bridgehead atoms. The van der Waals surface area contributed by atoms with Gasteiger partial charge in [0.05, 0.1) is 5.56 Å². The summed E-state index contributed by atoms with van der Waals surface area (Å²) in [4.78, 5) is 34.0. The maximum Gasteiger partial charge on any atom is 0.414 e. The number of carboxylic acids is 2. The highest BCUT2D eigenvalue weighted by molar-refractivity contribution is 6.27. The van der Waals surface area contributed by atoms with Crippen molar-refractivity contribution in [2.24, 2.45) is 5.92 Å². The minimum atomic E-state index is -1.82. The molecule has 0 aliphatic carbocycles. The normalized spacial score (nSPS) is 14.2. The Kier molecular flexibility index (Phi) is 9.36. The van der Waals surface area contributed by atoms with Crippen molar-refractivity contribution < 1.29 is 29.3 Å². The summed E-state index contributed by atoms with van der Waals surface area (Å²) in [5, 5.41) is 14.8. The van der Waals surface area contributed by atoms with Gasteiger partial charge in [0.15, 0.2) is 5.60 Å². The Hall–Kier alpha value is -3.97. The molecule has 0 saturated carbocycles. The standard InChI is InChI=1S/C27H29NO2.C2H2O4/c1-22(21-28-19-11-12-20-28)27(24-15-7-3-8-16-24,25-17-9-4-10-18-25)30-26(29)23-13-5-2-6-14-23;3-1(4)2(5)6/h2-10,13-18,22H,11-12,19-21H2,1H3;(H,3,4)(H,5,6). The Morgan fingerprint density at radius 3 is 1.61 bits per heavy atom. The predicted molar refractivity (Wildman–Crippen MR) is 136 cm³/mol. The van der Waals surface area contributed by atoms with Crippen LogP contribution in [0, 0.1) is 5.92 Å². The van der Waals surface area contributed by atoms with Gasteiger partial charge in [-0.25, -0.2) is 14.4 Å². The number of carbonyl (C=O) groups is 3. The van der Waals surface area contributed by atoms with E-state index in [9.17, 15) is 4.79 Å². The van der Waals surface area contributed by atoms with Gasteiger partial charge in [-0.1, -0.05) is 85.8 Å². The number of likely N-dealkylation sites (tertiary alicyclic amines) is 1. The van der Waals surface area contributed by atoms with Crippen molar-refractivity contribution in [3.8, 4) is 0 Å². The summed E-state index contributed by atoms with van der Waals surface area (Å²) in [5.74, 6) is -3.87. The van der Waals surface area contributed by atoms with E-state index in [4.69, 9.17) is 24.5 Å². The number of hydrogen-bond donors (Lipinski definition) is 2. The van der Waals surface area contributed by atoms with Crippen LogP contribution in [-0.2, 0) is 19.9 Å². The monoisotopic (exact) mass is 489 g/mol. The Morgan fingerprint density at radius 1 is 0.778 bits per heavy atom. The van der Waals surface area contributed by atoms with Crippen LogP contribution in [0.4, 0.5) is 0 Å². The van der Waals surface area contributed by atoms with E-state index in [0.717, 1.165) is 30.8 Å². The van der Waals surface area contributed by atoms with Gasteiger partial charge in [0, 0.05) is 23.6 Å². The van der Waals surface area contributed by atoms with Gasteiger partial charge in [-0.3, -0.25) is 0 Å². The van der Waals surface area contributed by atoms with Gasteiger partial charge in [-0.2, -0.15) is 0 Å². The van der Waals surface area contributed by atoms with E-state index in [0.29, 0.717) is 5.56 Å². The summed E-state index contributed by atoms with van der Waals surface area (Å²) < 4.78 is 6.50.